The van der Waals surface area contributed by atoms with Crippen LogP contribution in [0.25, 0.3) is 0 Å². The van der Waals surface area contributed by atoms with Crippen LogP contribution in [0.1, 0.15) is 5.82 Å². The number of aromatic amines is 1. The lowest BCUT2D eigenvalue weighted by Crippen LogP contribution is -2.05. The Hall–Kier alpha value is -1.70. The standard InChI is InChI=1S/C8H9BrN6O/c1-16-7-5(9)2-10-8(14-7)11-3-6-12-4-13-15-6/h2,4H,3H2,1H3,(H,10,11,14)(H,12,13,15). The molecule has 0 atom stereocenters. The van der Waals surface area contributed by atoms with Gasteiger partial charge in [-0.1, -0.05) is 0 Å². The normalized spacial score (nSPS) is 10.1. The summed E-state index contributed by atoms with van der Waals surface area (Å²) < 4.78 is 5.76. The predicted molar refractivity (Wildman–Crippen MR) is 60.0 cm³/mol. The first kappa shape index (κ1) is 10.8. The summed E-state index contributed by atoms with van der Waals surface area (Å²) in [6, 6.07) is 0. The van der Waals surface area contributed by atoms with Gasteiger partial charge in [0, 0.05) is 0 Å². The third-order valence-corrected chi connectivity index (χ3v) is 2.33. The number of H-pyrrole nitrogens is 1. The molecule has 2 aromatic rings. The number of hydrogen-bond acceptors (Lipinski definition) is 6. The summed E-state index contributed by atoms with van der Waals surface area (Å²) in [6.07, 6.45) is 3.06. The average Bonchev–Trinajstić information content (AvgIpc) is 2.81. The van der Waals surface area contributed by atoms with Gasteiger partial charge in [-0.2, -0.15) is 10.1 Å². The predicted octanol–water partition coefficient (Wildman–Crippen LogP) is 0.978. The van der Waals surface area contributed by atoms with Crippen molar-refractivity contribution in [2.75, 3.05) is 12.4 Å². The molecular formula is C8H9BrN6O. The zero-order chi connectivity index (χ0) is 11.4. The first-order valence-corrected chi connectivity index (χ1v) is 5.23. The molecule has 0 saturated heterocycles. The van der Waals surface area contributed by atoms with Crippen LogP contribution in [-0.2, 0) is 6.54 Å². The van der Waals surface area contributed by atoms with Crippen LogP contribution in [0.15, 0.2) is 17.0 Å². The Morgan fingerprint density at radius 3 is 3.06 bits per heavy atom. The van der Waals surface area contributed by atoms with E-state index in [2.05, 4.69) is 46.4 Å². The van der Waals surface area contributed by atoms with E-state index in [1.165, 1.54) is 6.33 Å². The van der Waals surface area contributed by atoms with Gasteiger partial charge in [0.05, 0.1) is 24.3 Å². The van der Waals surface area contributed by atoms with Gasteiger partial charge in [-0.3, -0.25) is 5.10 Å². The van der Waals surface area contributed by atoms with E-state index >= 15 is 0 Å². The van der Waals surface area contributed by atoms with Crippen LogP contribution in [-0.4, -0.2) is 32.3 Å². The fourth-order valence-corrected chi connectivity index (χ4v) is 1.41. The molecule has 7 nitrogen and oxygen atoms in total. The van der Waals surface area contributed by atoms with Gasteiger partial charge in [0.1, 0.15) is 12.2 Å². The largest absolute Gasteiger partial charge is 0.480 e. The van der Waals surface area contributed by atoms with Crippen LogP contribution in [0.2, 0.25) is 0 Å². The summed E-state index contributed by atoms with van der Waals surface area (Å²) in [5.74, 6) is 1.66. The number of halogens is 1. The van der Waals surface area contributed by atoms with Crippen LogP contribution < -0.4 is 10.1 Å². The van der Waals surface area contributed by atoms with Crippen molar-refractivity contribution in [1.82, 2.24) is 25.1 Å². The zero-order valence-corrected chi connectivity index (χ0v) is 10.0. The monoisotopic (exact) mass is 284 g/mol. The van der Waals surface area contributed by atoms with E-state index in [4.69, 9.17) is 4.74 Å². The first-order chi connectivity index (χ1) is 7.79. The maximum Gasteiger partial charge on any atom is 0.232 e. The maximum atomic E-state index is 5.05. The smallest absolute Gasteiger partial charge is 0.232 e. The van der Waals surface area contributed by atoms with E-state index in [1.54, 1.807) is 13.3 Å². The molecule has 0 amide bonds. The molecular weight excluding hydrogens is 276 g/mol. The van der Waals surface area contributed by atoms with Crippen molar-refractivity contribution in [1.29, 1.82) is 0 Å². The average molecular weight is 285 g/mol. The van der Waals surface area contributed by atoms with Gasteiger partial charge in [-0.25, -0.2) is 9.97 Å². The highest BCUT2D eigenvalue weighted by Gasteiger charge is 2.05. The summed E-state index contributed by atoms with van der Waals surface area (Å²) in [6.45, 7) is 0.477. The number of rotatable bonds is 4. The molecule has 2 heterocycles. The van der Waals surface area contributed by atoms with Crippen molar-refractivity contribution >= 4 is 21.9 Å². The number of methoxy groups -OCH3 is 1. The molecule has 0 radical (unpaired) electrons. The van der Waals surface area contributed by atoms with E-state index in [-0.39, 0.29) is 0 Å². The van der Waals surface area contributed by atoms with Gasteiger partial charge >= 0.3 is 0 Å². The molecule has 0 aliphatic heterocycles. The number of aromatic nitrogens is 5. The minimum atomic E-state index is 0.469. The van der Waals surface area contributed by atoms with Gasteiger partial charge in [-0.15, -0.1) is 0 Å². The molecule has 0 fully saturated rings. The number of ether oxygens (including phenoxy) is 1. The Labute approximate surface area is 99.8 Å². The van der Waals surface area contributed by atoms with E-state index in [0.29, 0.717) is 28.7 Å². The highest BCUT2D eigenvalue weighted by Crippen LogP contribution is 2.21. The van der Waals surface area contributed by atoms with Crippen LogP contribution in [0.4, 0.5) is 5.95 Å². The van der Waals surface area contributed by atoms with Gasteiger partial charge in [-0.05, 0) is 15.9 Å². The molecule has 0 spiro atoms. The molecule has 8 heteroatoms. The van der Waals surface area contributed by atoms with E-state index < -0.39 is 0 Å². The quantitative estimate of drug-likeness (QED) is 0.870. The fourth-order valence-electron chi connectivity index (χ4n) is 1.06. The van der Waals surface area contributed by atoms with Crippen molar-refractivity contribution < 1.29 is 4.74 Å². The van der Waals surface area contributed by atoms with Crippen LogP contribution in [0.5, 0.6) is 5.88 Å². The molecule has 0 unspecified atom stereocenters. The van der Waals surface area contributed by atoms with Gasteiger partial charge in [0.15, 0.2) is 0 Å². The van der Waals surface area contributed by atoms with Gasteiger partial charge < -0.3 is 10.1 Å². The molecule has 0 bridgehead atoms. The molecule has 2 aromatic heterocycles. The molecule has 2 rings (SSSR count). The van der Waals surface area contributed by atoms with E-state index in [0.717, 1.165) is 0 Å². The van der Waals surface area contributed by atoms with Crippen molar-refractivity contribution in [3.8, 4) is 5.88 Å². The zero-order valence-electron chi connectivity index (χ0n) is 8.44. The molecule has 2 N–H and O–H groups in total. The number of hydrogen-bond donors (Lipinski definition) is 2. The van der Waals surface area contributed by atoms with Crippen molar-refractivity contribution in [2.45, 2.75) is 6.54 Å². The fraction of sp³-hybridized carbons (Fsp3) is 0.250. The molecule has 0 aromatic carbocycles. The number of anilines is 1. The Bertz CT molecular complexity index is 460. The van der Waals surface area contributed by atoms with E-state index in [9.17, 15) is 0 Å². The summed E-state index contributed by atoms with van der Waals surface area (Å²) in [7, 11) is 1.55. The molecule has 16 heavy (non-hydrogen) atoms. The Morgan fingerprint density at radius 2 is 2.38 bits per heavy atom. The number of nitrogens with one attached hydrogen (secondary N) is 2. The second kappa shape index (κ2) is 4.88. The topological polar surface area (TPSA) is 88.6 Å². The second-order valence-electron chi connectivity index (χ2n) is 2.84. The first-order valence-electron chi connectivity index (χ1n) is 4.44. The maximum absolute atomic E-state index is 5.05. The molecule has 84 valence electrons. The lowest BCUT2D eigenvalue weighted by molar-refractivity contribution is 0.394. The van der Waals surface area contributed by atoms with Crippen molar-refractivity contribution in [3.05, 3.63) is 22.8 Å². The molecule has 0 aliphatic rings. The summed E-state index contributed by atoms with van der Waals surface area (Å²) in [5, 5.41) is 9.45. The van der Waals surface area contributed by atoms with Crippen LogP contribution >= 0.6 is 15.9 Å². The van der Waals surface area contributed by atoms with Gasteiger partial charge in [0.25, 0.3) is 0 Å². The van der Waals surface area contributed by atoms with E-state index in [1.807, 2.05) is 0 Å². The Kier molecular flexibility index (Phi) is 3.30. The van der Waals surface area contributed by atoms with Gasteiger partial charge in [0.2, 0.25) is 11.8 Å². The lowest BCUT2D eigenvalue weighted by atomic mass is 10.6. The Morgan fingerprint density at radius 1 is 1.50 bits per heavy atom. The van der Waals surface area contributed by atoms with Crippen molar-refractivity contribution in [2.24, 2.45) is 0 Å². The third kappa shape index (κ3) is 2.45. The SMILES string of the molecule is COc1nc(NCc2ncn[nH]2)ncc1Br. The molecule has 0 aliphatic carbocycles. The molecule has 0 saturated carbocycles. The second-order valence-corrected chi connectivity index (χ2v) is 3.69. The minimum Gasteiger partial charge on any atom is -0.480 e. The third-order valence-electron chi connectivity index (χ3n) is 1.78. The summed E-state index contributed by atoms with van der Waals surface area (Å²) in [5.41, 5.74) is 0. The highest BCUT2D eigenvalue weighted by atomic mass is 79.9. The van der Waals surface area contributed by atoms with Crippen LogP contribution in [0.3, 0.4) is 0 Å². The van der Waals surface area contributed by atoms with Crippen molar-refractivity contribution in [3.63, 3.8) is 0 Å². The lowest BCUT2D eigenvalue weighted by Gasteiger charge is -2.05. The minimum absolute atomic E-state index is 0.469. The summed E-state index contributed by atoms with van der Waals surface area (Å²) >= 11 is 3.27. The number of nitrogens with zero attached hydrogens (tertiary/aromatic N) is 4. The Balaban J connectivity index is 2.04. The summed E-state index contributed by atoms with van der Waals surface area (Å²) in [4.78, 5) is 12.2. The highest BCUT2D eigenvalue weighted by molar-refractivity contribution is 9.10. The van der Waals surface area contributed by atoms with Crippen LogP contribution in [0, 0.1) is 0 Å².